The molecule has 2 aliphatic rings. The monoisotopic (exact) mass is 312 g/mol. The fourth-order valence-corrected chi connectivity index (χ4v) is 5.24. The number of aromatic nitrogens is 1. The smallest absolute Gasteiger partial charge is 0.0558 e. The van der Waals surface area contributed by atoms with Gasteiger partial charge in [0.05, 0.1) is 6.04 Å². The van der Waals surface area contributed by atoms with Crippen LogP contribution in [0.25, 0.3) is 10.9 Å². The molecular formula is C20H28N2O. The van der Waals surface area contributed by atoms with E-state index in [2.05, 4.69) is 41.1 Å². The first-order valence-electron chi connectivity index (χ1n) is 9.23. The maximum atomic E-state index is 9.39. The summed E-state index contributed by atoms with van der Waals surface area (Å²) < 4.78 is 0. The van der Waals surface area contributed by atoms with Gasteiger partial charge in [-0.3, -0.25) is 4.90 Å². The van der Waals surface area contributed by atoms with E-state index in [0.717, 1.165) is 19.3 Å². The van der Waals surface area contributed by atoms with Gasteiger partial charge in [-0.2, -0.15) is 0 Å². The molecule has 1 aromatic heterocycles. The molecule has 124 valence electrons. The van der Waals surface area contributed by atoms with Crippen molar-refractivity contribution in [2.75, 3.05) is 19.7 Å². The Kier molecular flexibility index (Phi) is 3.94. The maximum absolute atomic E-state index is 9.39. The summed E-state index contributed by atoms with van der Waals surface area (Å²) in [6.07, 6.45) is 7.01. The van der Waals surface area contributed by atoms with E-state index in [4.69, 9.17) is 0 Å². The van der Waals surface area contributed by atoms with Crippen LogP contribution in [0.15, 0.2) is 24.3 Å². The average Bonchev–Trinajstić information content (AvgIpc) is 2.98. The molecule has 0 saturated carbocycles. The summed E-state index contributed by atoms with van der Waals surface area (Å²) in [5.41, 5.74) is 4.62. The predicted octanol–water partition coefficient (Wildman–Crippen LogP) is 4.03. The van der Waals surface area contributed by atoms with Crippen LogP contribution < -0.4 is 0 Å². The van der Waals surface area contributed by atoms with Gasteiger partial charge >= 0.3 is 0 Å². The van der Waals surface area contributed by atoms with Crippen molar-refractivity contribution < 1.29 is 5.11 Å². The van der Waals surface area contributed by atoms with E-state index in [1.54, 1.807) is 5.56 Å². The van der Waals surface area contributed by atoms with Crippen LogP contribution in [0.5, 0.6) is 0 Å². The molecule has 0 radical (unpaired) electrons. The highest BCUT2D eigenvalue weighted by Crippen LogP contribution is 2.53. The molecular weight excluding hydrogens is 284 g/mol. The number of hydrogen-bond donors (Lipinski definition) is 2. The van der Waals surface area contributed by atoms with Crippen molar-refractivity contribution in [1.29, 1.82) is 0 Å². The largest absolute Gasteiger partial charge is 0.396 e. The van der Waals surface area contributed by atoms with E-state index >= 15 is 0 Å². The molecule has 0 bridgehead atoms. The molecule has 0 aliphatic carbocycles. The van der Waals surface area contributed by atoms with Gasteiger partial charge in [-0.15, -0.1) is 0 Å². The maximum Gasteiger partial charge on any atom is 0.0558 e. The Morgan fingerprint density at radius 1 is 1.30 bits per heavy atom. The molecule has 1 aromatic carbocycles. The number of nitrogens with one attached hydrogen (secondary N) is 1. The second kappa shape index (κ2) is 5.95. The summed E-state index contributed by atoms with van der Waals surface area (Å²) in [6, 6.07) is 9.26. The standard InChI is InChI=1S/C20H28N2O/c1-2-20(11-6-14-23)10-5-12-22-13-9-16-15-7-3-4-8-17(15)21-18(16)19(20)22/h3-4,7-8,19,21,23H,2,5-6,9-14H2,1H3. The fourth-order valence-electron chi connectivity index (χ4n) is 5.24. The highest BCUT2D eigenvalue weighted by molar-refractivity contribution is 5.85. The lowest BCUT2D eigenvalue weighted by Gasteiger charge is -2.52. The minimum atomic E-state index is 0.314. The number of hydrogen-bond acceptors (Lipinski definition) is 2. The van der Waals surface area contributed by atoms with E-state index in [1.807, 2.05) is 0 Å². The lowest BCUT2D eigenvalue weighted by atomic mass is 9.65. The van der Waals surface area contributed by atoms with E-state index in [9.17, 15) is 5.11 Å². The van der Waals surface area contributed by atoms with Crippen LogP contribution in [0, 0.1) is 5.41 Å². The van der Waals surface area contributed by atoms with Crippen molar-refractivity contribution in [3.8, 4) is 0 Å². The Morgan fingerprint density at radius 2 is 2.17 bits per heavy atom. The van der Waals surface area contributed by atoms with Crippen LogP contribution in [-0.4, -0.2) is 34.7 Å². The van der Waals surface area contributed by atoms with Crippen molar-refractivity contribution in [2.24, 2.45) is 5.41 Å². The highest BCUT2D eigenvalue weighted by atomic mass is 16.2. The van der Waals surface area contributed by atoms with Gasteiger partial charge in [-0.1, -0.05) is 25.1 Å². The van der Waals surface area contributed by atoms with E-state index in [0.29, 0.717) is 18.1 Å². The molecule has 0 amide bonds. The number of benzene rings is 1. The summed E-state index contributed by atoms with van der Waals surface area (Å²) in [4.78, 5) is 6.49. The van der Waals surface area contributed by atoms with Crippen molar-refractivity contribution >= 4 is 10.9 Å². The minimum absolute atomic E-state index is 0.314. The topological polar surface area (TPSA) is 39.3 Å². The zero-order valence-electron chi connectivity index (χ0n) is 14.1. The Morgan fingerprint density at radius 3 is 3.00 bits per heavy atom. The van der Waals surface area contributed by atoms with Gasteiger partial charge in [-0.05, 0) is 62.1 Å². The number of H-pyrrole nitrogens is 1. The number of aliphatic hydroxyl groups is 1. The van der Waals surface area contributed by atoms with Gasteiger partial charge < -0.3 is 10.1 Å². The molecule has 2 unspecified atom stereocenters. The quantitative estimate of drug-likeness (QED) is 0.894. The lowest BCUT2D eigenvalue weighted by molar-refractivity contribution is -0.0110. The molecule has 3 heterocycles. The number of fused-ring (bicyclic) bond motifs is 5. The van der Waals surface area contributed by atoms with Crippen molar-refractivity contribution in [1.82, 2.24) is 9.88 Å². The number of para-hydroxylation sites is 1. The van der Waals surface area contributed by atoms with Crippen LogP contribution in [0.1, 0.15) is 56.3 Å². The van der Waals surface area contributed by atoms with Gasteiger partial charge in [0.1, 0.15) is 0 Å². The second-order valence-corrected chi connectivity index (χ2v) is 7.40. The number of aromatic amines is 1. The third kappa shape index (κ3) is 2.33. The van der Waals surface area contributed by atoms with Crippen LogP contribution >= 0.6 is 0 Å². The fraction of sp³-hybridized carbons (Fsp3) is 0.600. The molecule has 0 spiro atoms. The van der Waals surface area contributed by atoms with E-state index < -0.39 is 0 Å². The first-order chi connectivity index (χ1) is 11.3. The van der Waals surface area contributed by atoms with Crippen LogP contribution in [0.4, 0.5) is 0 Å². The molecule has 2 aliphatic heterocycles. The molecule has 1 fully saturated rings. The summed E-state index contributed by atoms with van der Waals surface area (Å²) in [6.45, 7) is 5.06. The normalized spacial score (nSPS) is 27.8. The van der Waals surface area contributed by atoms with Crippen molar-refractivity contribution in [3.63, 3.8) is 0 Å². The Bertz CT molecular complexity index is 692. The minimum Gasteiger partial charge on any atom is -0.396 e. The number of piperidine rings is 1. The van der Waals surface area contributed by atoms with Crippen molar-refractivity contribution in [2.45, 2.75) is 51.5 Å². The average molecular weight is 312 g/mol. The van der Waals surface area contributed by atoms with Gasteiger partial charge in [0, 0.05) is 29.7 Å². The third-order valence-electron chi connectivity index (χ3n) is 6.37. The van der Waals surface area contributed by atoms with Crippen LogP contribution in [-0.2, 0) is 6.42 Å². The van der Waals surface area contributed by atoms with Crippen LogP contribution in [0.3, 0.4) is 0 Å². The first kappa shape index (κ1) is 15.2. The Labute approximate surface area is 138 Å². The number of rotatable bonds is 4. The zero-order chi connectivity index (χ0) is 15.9. The van der Waals surface area contributed by atoms with Crippen molar-refractivity contribution in [3.05, 3.63) is 35.5 Å². The molecule has 1 saturated heterocycles. The third-order valence-corrected chi connectivity index (χ3v) is 6.37. The first-order valence-corrected chi connectivity index (χ1v) is 9.23. The van der Waals surface area contributed by atoms with Gasteiger partial charge in [-0.25, -0.2) is 0 Å². The van der Waals surface area contributed by atoms with E-state index in [1.165, 1.54) is 48.9 Å². The molecule has 23 heavy (non-hydrogen) atoms. The highest BCUT2D eigenvalue weighted by Gasteiger charge is 2.46. The molecule has 3 heteroatoms. The molecule has 2 atom stereocenters. The second-order valence-electron chi connectivity index (χ2n) is 7.40. The Balaban J connectivity index is 1.83. The SMILES string of the molecule is CCC1(CCCO)CCCN2CCc3c([nH]c4ccccc34)C21. The number of aliphatic hydroxyl groups excluding tert-OH is 1. The summed E-state index contributed by atoms with van der Waals surface area (Å²) in [7, 11) is 0. The molecule has 3 nitrogen and oxygen atoms in total. The number of nitrogens with zero attached hydrogens (tertiary/aromatic N) is 1. The Hall–Kier alpha value is -1.32. The summed E-state index contributed by atoms with van der Waals surface area (Å²) >= 11 is 0. The van der Waals surface area contributed by atoms with Gasteiger partial charge in [0.15, 0.2) is 0 Å². The molecule has 2 N–H and O–H groups in total. The zero-order valence-corrected chi connectivity index (χ0v) is 14.1. The predicted molar refractivity (Wildman–Crippen MR) is 94.6 cm³/mol. The lowest BCUT2D eigenvalue weighted by Crippen LogP contribution is -2.49. The van der Waals surface area contributed by atoms with Gasteiger partial charge in [0.25, 0.3) is 0 Å². The van der Waals surface area contributed by atoms with Gasteiger partial charge in [0.2, 0.25) is 0 Å². The summed E-state index contributed by atoms with van der Waals surface area (Å²) in [5, 5.41) is 10.8. The van der Waals surface area contributed by atoms with E-state index in [-0.39, 0.29) is 0 Å². The summed E-state index contributed by atoms with van der Waals surface area (Å²) in [5.74, 6) is 0. The van der Waals surface area contributed by atoms with Crippen LogP contribution in [0.2, 0.25) is 0 Å². The molecule has 4 rings (SSSR count). The molecule has 2 aromatic rings.